The molecular formula is C9H14N2O2. The Hall–Kier alpha value is -1.58. The van der Waals surface area contributed by atoms with Gasteiger partial charge in [0.15, 0.2) is 0 Å². The predicted molar refractivity (Wildman–Crippen MR) is 51.7 cm³/mol. The highest BCUT2D eigenvalue weighted by Crippen LogP contribution is 2.01. The summed E-state index contributed by atoms with van der Waals surface area (Å²) in [7, 11) is 0. The van der Waals surface area contributed by atoms with Gasteiger partial charge in [-0.1, -0.05) is 13.8 Å². The molecule has 4 heteroatoms. The molecule has 0 fully saturated rings. The highest BCUT2D eigenvalue weighted by atomic mass is 16.4. The van der Waals surface area contributed by atoms with Gasteiger partial charge in [0.25, 0.3) is 0 Å². The second-order valence-corrected chi connectivity index (χ2v) is 1.98. The number of carboxylic acid groups (broad SMARTS) is 1. The van der Waals surface area contributed by atoms with E-state index < -0.39 is 5.97 Å². The number of hydrogen-bond donors (Lipinski definition) is 2. The number of carbonyl (C=O) groups is 1. The lowest BCUT2D eigenvalue weighted by Gasteiger charge is -2.00. The van der Waals surface area contributed by atoms with Crippen LogP contribution in [0.2, 0.25) is 0 Å². The molecule has 4 nitrogen and oxygen atoms in total. The number of aliphatic carboxylic acids is 1. The van der Waals surface area contributed by atoms with E-state index in [4.69, 9.17) is 5.11 Å². The van der Waals surface area contributed by atoms with E-state index in [2.05, 4.69) is 10.3 Å². The maximum absolute atomic E-state index is 10.1. The van der Waals surface area contributed by atoms with Crippen molar-refractivity contribution in [2.75, 3.05) is 11.9 Å². The summed E-state index contributed by atoms with van der Waals surface area (Å²) < 4.78 is 0. The Morgan fingerprint density at radius 3 is 2.46 bits per heavy atom. The fourth-order valence-corrected chi connectivity index (χ4v) is 0.647. The number of hydrogen-bond acceptors (Lipinski definition) is 3. The van der Waals surface area contributed by atoms with Crippen LogP contribution in [-0.4, -0.2) is 22.6 Å². The average Bonchev–Trinajstić information content (AvgIpc) is 2.19. The van der Waals surface area contributed by atoms with Crippen LogP contribution in [0.1, 0.15) is 13.8 Å². The fourth-order valence-electron chi connectivity index (χ4n) is 0.647. The molecule has 2 N–H and O–H groups in total. The van der Waals surface area contributed by atoms with Gasteiger partial charge in [0.2, 0.25) is 0 Å². The molecule has 0 unspecified atom stereocenters. The molecule has 0 radical (unpaired) electrons. The molecule has 0 aliphatic rings. The molecular weight excluding hydrogens is 168 g/mol. The monoisotopic (exact) mass is 182 g/mol. The third-order valence-corrected chi connectivity index (χ3v) is 1.12. The molecule has 1 aromatic heterocycles. The summed E-state index contributed by atoms with van der Waals surface area (Å²) in [5.41, 5.74) is 0.766. The van der Waals surface area contributed by atoms with Crippen LogP contribution in [0.15, 0.2) is 24.5 Å². The van der Waals surface area contributed by atoms with Gasteiger partial charge in [-0.25, -0.2) is 0 Å². The minimum Gasteiger partial charge on any atom is -0.480 e. The van der Waals surface area contributed by atoms with Crippen LogP contribution < -0.4 is 5.32 Å². The number of pyridine rings is 1. The first-order valence-corrected chi connectivity index (χ1v) is 4.15. The molecule has 0 atom stereocenters. The first-order valence-electron chi connectivity index (χ1n) is 4.15. The van der Waals surface area contributed by atoms with Crippen molar-refractivity contribution in [2.45, 2.75) is 13.8 Å². The van der Waals surface area contributed by atoms with E-state index in [-0.39, 0.29) is 6.54 Å². The number of aromatic nitrogens is 1. The Morgan fingerprint density at radius 1 is 1.46 bits per heavy atom. The lowest BCUT2D eigenvalue weighted by molar-refractivity contribution is -0.134. The van der Waals surface area contributed by atoms with Crippen molar-refractivity contribution in [3.8, 4) is 0 Å². The van der Waals surface area contributed by atoms with Crippen molar-refractivity contribution < 1.29 is 9.90 Å². The van der Waals surface area contributed by atoms with Crippen molar-refractivity contribution in [3.63, 3.8) is 0 Å². The zero-order valence-electron chi connectivity index (χ0n) is 7.82. The van der Waals surface area contributed by atoms with Gasteiger partial charge in [-0.3, -0.25) is 9.78 Å². The van der Waals surface area contributed by atoms with Gasteiger partial charge in [-0.2, -0.15) is 0 Å². The number of rotatable bonds is 3. The molecule has 72 valence electrons. The van der Waals surface area contributed by atoms with Gasteiger partial charge in [-0.15, -0.1) is 0 Å². The summed E-state index contributed by atoms with van der Waals surface area (Å²) in [5.74, 6) is -0.873. The van der Waals surface area contributed by atoms with Crippen molar-refractivity contribution in [2.24, 2.45) is 0 Å². The molecule has 0 saturated heterocycles. The normalized spacial score (nSPS) is 8.15. The molecule has 1 heterocycles. The summed E-state index contributed by atoms with van der Waals surface area (Å²) in [4.78, 5) is 13.9. The number of nitrogens with one attached hydrogen (secondary N) is 1. The Kier molecular flexibility index (Phi) is 6.23. The molecule has 0 spiro atoms. The fraction of sp³-hybridized carbons (Fsp3) is 0.333. The Balaban J connectivity index is 0.000000671. The second-order valence-electron chi connectivity index (χ2n) is 1.98. The third kappa shape index (κ3) is 5.66. The molecule has 0 amide bonds. The summed E-state index contributed by atoms with van der Waals surface area (Å²) in [6.45, 7) is 3.93. The van der Waals surface area contributed by atoms with Gasteiger partial charge in [0.1, 0.15) is 6.54 Å². The Labute approximate surface area is 77.6 Å². The molecule has 1 aromatic rings. The van der Waals surface area contributed by atoms with Gasteiger partial charge >= 0.3 is 5.97 Å². The molecule has 0 bridgehead atoms. The van der Waals surface area contributed by atoms with Gasteiger partial charge < -0.3 is 10.4 Å². The molecule has 1 rings (SSSR count). The summed E-state index contributed by atoms with van der Waals surface area (Å²) in [6, 6.07) is 3.42. The molecule has 0 saturated carbocycles. The van der Waals surface area contributed by atoms with Crippen LogP contribution in [0.3, 0.4) is 0 Å². The van der Waals surface area contributed by atoms with Crippen LogP contribution in [0.5, 0.6) is 0 Å². The molecule has 0 aromatic carbocycles. The van der Waals surface area contributed by atoms with E-state index in [0.717, 1.165) is 5.69 Å². The molecule has 0 aliphatic heterocycles. The highest BCUT2D eigenvalue weighted by Gasteiger charge is 1.94. The van der Waals surface area contributed by atoms with E-state index in [0.29, 0.717) is 0 Å². The standard InChI is InChI=1S/C7H8N2O2.C2H6/c10-7(11)5-9-6-1-3-8-4-2-6;1-2/h1-4H,5H2,(H,8,9)(H,10,11);1-2H3. The SMILES string of the molecule is CC.O=C(O)CNc1ccncc1. The zero-order chi connectivity index (χ0) is 10.1. The van der Waals surface area contributed by atoms with Crippen molar-refractivity contribution in [1.82, 2.24) is 4.98 Å². The summed E-state index contributed by atoms with van der Waals surface area (Å²) >= 11 is 0. The molecule has 0 aliphatic carbocycles. The summed E-state index contributed by atoms with van der Waals surface area (Å²) in [5, 5.41) is 11.0. The summed E-state index contributed by atoms with van der Waals surface area (Å²) in [6.07, 6.45) is 3.20. The largest absolute Gasteiger partial charge is 0.480 e. The van der Waals surface area contributed by atoms with E-state index in [1.165, 1.54) is 0 Å². The minimum absolute atomic E-state index is 0.0655. The second kappa shape index (κ2) is 7.09. The number of carboxylic acids is 1. The average molecular weight is 182 g/mol. The van der Waals surface area contributed by atoms with Crippen molar-refractivity contribution in [1.29, 1.82) is 0 Å². The van der Waals surface area contributed by atoms with Crippen LogP contribution in [0.25, 0.3) is 0 Å². The predicted octanol–water partition coefficient (Wildman–Crippen LogP) is 1.60. The number of nitrogens with zero attached hydrogens (tertiary/aromatic N) is 1. The first kappa shape index (κ1) is 11.4. The third-order valence-electron chi connectivity index (χ3n) is 1.12. The van der Waals surface area contributed by atoms with Crippen LogP contribution in [0.4, 0.5) is 5.69 Å². The maximum atomic E-state index is 10.1. The van der Waals surface area contributed by atoms with Crippen LogP contribution in [0, 0.1) is 0 Å². The van der Waals surface area contributed by atoms with Gasteiger partial charge in [0, 0.05) is 18.1 Å². The van der Waals surface area contributed by atoms with Crippen LogP contribution >= 0.6 is 0 Å². The van der Waals surface area contributed by atoms with E-state index >= 15 is 0 Å². The maximum Gasteiger partial charge on any atom is 0.322 e. The van der Waals surface area contributed by atoms with E-state index in [1.807, 2.05) is 13.8 Å². The van der Waals surface area contributed by atoms with Crippen LogP contribution in [-0.2, 0) is 4.79 Å². The smallest absolute Gasteiger partial charge is 0.322 e. The quantitative estimate of drug-likeness (QED) is 0.745. The Morgan fingerprint density at radius 2 is 2.00 bits per heavy atom. The zero-order valence-corrected chi connectivity index (χ0v) is 7.82. The van der Waals surface area contributed by atoms with E-state index in [9.17, 15) is 4.79 Å². The topological polar surface area (TPSA) is 62.2 Å². The lowest BCUT2D eigenvalue weighted by Crippen LogP contribution is -2.11. The lowest BCUT2D eigenvalue weighted by atomic mass is 10.4. The molecule has 13 heavy (non-hydrogen) atoms. The van der Waals surface area contributed by atoms with Crippen molar-refractivity contribution >= 4 is 11.7 Å². The Bertz CT molecular complexity index is 237. The number of anilines is 1. The van der Waals surface area contributed by atoms with Gasteiger partial charge in [-0.05, 0) is 12.1 Å². The highest BCUT2D eigenvalue weighted by molar-refractivity contribution is 5.72. The van der Waals surface area contributed by atoms with Crippen molar-refractivity contribution in [3.05, 3.63) is 24.5 Å². The first-order chi connectivity index (χ1) is 6.29. The van der Waals surface area contributed by atoms with Gasteiger partial charge in [0.05, 0.1) is 0 Å². The minimum atomic E-state index is -0.873. The van der Waals surface area contributed by atoms with E-state index in [1.54, 1.807) is 24.5 Å².